The van der Waals surface area contributed by atoms with Crippen molar-refractivity contribution in [3.8, 4) is 45.4 Å². The zero-order chi connectivity index (χ0) is 33.0. The Morgan fingerprint density at radius 2 is 1.46 bits per heavy atom. The van der Waals surface area contributed by atoms with E-state index >= 15 is 0 Å². The number of aromatic nitrogens is 6. The lowest BCUT2D eigenvalue weighted by atomic mass is 9.95. The maximum atomic E-state index is 6.84. The topological polar surface area (TPSA) is 78.1 Å². The summed E-state index contributed by atoms with van der Waals surface area (Å²) in [6.07, 6.45) is 5.44. The third-order valence-electron chi connectivity index (χ3n) is 8.83. The molecule has 234 valence electrons. The van der Waals surface area contributed by atoms with Crippen molar-refractivity contribution in [1.82, 2.24) is 29.3 Å². The predicted octanol–water partition coefficient (Wildman–Crippen LogP) is 9.18. The predicted molar refractivity (Wildman–Crippen MR) is 197 cm³/mol. The van der Waals surface area contributed by atoms with Crippen molar-refractivity contribution in [1.29, 1.82) is 0 Å². The quantitative estimate of drug-likeness (QED) is 0.168. The molecule has 8 aromatic rings. The molecule has 0 atom stereocenters. The molecule has 0 radical (unpaired) electrons. The maximum Gasteiger partial charge on any atom is 0.220 e. The van der Waals surface area contributed by atoms with E-state index in [0.717, 1.165) is 61.5 Å². The molecular weight excluding hydrogens is 609 g/mol. The maximum absolute atomic E-state index is 6.84. The van der Waals surface area contributed by atoms with Crippen LogP contribution >= 0.6 is 0 Å². The van der Waals surface area contributed by atoms with Crippen LogP contribution in [0.3, 0.4) is 0 Å². The SMILES string of the molecule is Cc1cccc(C)c1-c1cc(Oc2cc(-c3cc4c(cn3)ncn3c5ccccc5nc43)ccc2[Si](C)(C)C)nc(-c2ccccn2)c1. The number of benzene rings is 3. The van der Waals surface area contributed by atoms with E-state index in [9.17, 15) is 0 Å². The second-order valence-electron chi connectivity index (χ2n) is 13.2. The number of nitrogens with zero attached hydrogens (tertiary/aromatic N) is 6. The molecule has 0 aliphatic rings. The Balaban J connectivity index is 1.27. The first-order valence-electron chi connectivity index (χ1n) is 16.1. The highest BCUT2D eigenvalue weighted by Gasteiger charge is 2.24. The van der Waals surface area contributed by atoms with E-state index in [1.807, 2.05) is 59.4 Å². The van der Waals surface area contributed by atoms with Crippen LogP contribution in [0.5, 0.6) is 11.6 Å². The van der Waals surface area contributed by atoms with Gasteiger partial charge in [0.1, 0.15) is 17.7 Å². The highest BCUT2D eigenvalue weighted by atomic mass is 28.3. The summed E-state index contributed by atoms with van der Waals surface area (Å²) >= 11 is 0. The molecule has 7 nitrogen and oxygen atoms in total. The normalized spacial score (nSPS) is 11.9. The molecule has 0 fully saturated rings. The van der Waals surface area contributed by atoms with Crippen LogP contribution in [0.4, 0.5) is 0 Å². The van der Waals surface area contributed by atoms with Gasteiger partial charge in [0.25, 0.3) is 0 Å². The Hall–Kier alpha value is -5.73. The van der Waals surface area contributed by atoms with Crippen LogP contribution in [0, 0.1) is 13.8 Å². The van der Waals surface area contributed by atoms with Gasteiger partial charge in [-0.15, -0.1) is 0 Å². The molecule has 0 saturated heterocycles. The largest absolute Gasteiger partial charge is 0.439 e. The number of hydrogen-bond acceptors (Lipinski definition) is 6. The molecule has 8 rings (SSSR count). The van der Waals surface area contributed by atoms with Crippen LogP contribution in [-0.4, -0.2) is 37.4 Å². The van der Waals surface area contributed by atoms with E-state index < -0.39 is 8.07 Å². The Morgan fingerprint density at radius 1 is 0.646 bits per heavy atom. The second-order valence-corrected chi connectivity index (χ2v) is 18.3. The number of fused-ring (bicyclic) bond motifs is 5. The first-order chi connectivity index (χ1) is 23.2. The van der Waals surface area contributed by atoms with Crippen molar-refractivity contribution in [2.45, 2.75) is 33.5 Å². The molecule has 0 N–H and O–H groups in total. The fourth-order valence-electron chi connectivity index (χ4n) is 6.47. The molecule has 0 amide bonds. The Morgan fingerprint density at radius 3 is 2.25 bits per heavy atom. The Labute approximate surface area is 280 Å². The number of hydrogen-bond donors (Lipinski definition) is 0. The Kier molecular flexibility index (Phi) is 7.11. The molecule has 0 aliphatic heterocycles. The van der Waals surface area contributed by atoms with Crippen molar-refractivity contribution in [2.75, 3.05) is 0 Å². The van der Waals surface area contributed by atoms with Gasteiger partial charge in [-0.2, -0.15) is 0 Å². The van der Waals surface area contributed by atoms with E-state index in [1.165, 1.54) is 21.9 Å². The van der Waals surface area contributed by atoms with E-state index in [-0.39, 0.29) is 0 Å². The average Bonchev–Trinajstić information content (AvgIpc) is 3.47. The number of ether oxygens (including phenoxy) is 1. The molecule has 3 aromatic carbocycles. The molecule has 0 spiro atoms. The highest BCUT2D eigenvalue weighted by molar-refractivity contribution is 6.89. The number of pyridine rings is 3. The molecule has 0 saturated carbocycles. The van der Waals surface area contributed by atoms with Gasteiger partial charge in [0.2, 0.25) is 5.88 Å². The standard InChI is InChI=1S/C40H34N6OSi/c1-25-11-10-12-26(2)39(25)28-19-33(30-13-8-9-18-41-30)44-38(21-28)47-36-20-27(16-17-37(36)48(3,4)5)32-22-29-34(23-42-32)43-24-46-35-15-7-6-14-31(35)45-40(29)46/h6-24H,1-5H3. The van der Waals surface area contributed by atoms with Crippen LogP contribution in [-0.2, 0) is 0 Å². The van der Waals surface area contributed by atoms with Crippen molar-refractivity contribution >= 4 is 40.8 Å². The summed E-state index contributed by atoms with van der Waals surface area (Å²) in [4.78, 5) is 24.1. The van der Waals surface area contributed by atoms with Crippen LogP contribution in [0.1, 0.15) is 11.1 Å². The van der Waals surface area contributed by atoms with Gasteiger partial charge in [0.15, 0.2) is 0 Å². The number of para-hydroxylation sites is 2. The number of aryl methyl sites for hydroxylation is 2. The van der Waals surface area contributed by atoms with Gasteiger partial charge >= 0.3 is 0 Å². The molecule has 48 heavy (non-hydrogen) atoms. The molecule has 8 heteroatoms. The summed E-state index contributed by atoms with van der Waals surface area (Å²) < 4.78 is 8.88. The van der Waals surface area contributed by atoms with E-state index in [4.69, 9.17) is 24.7 Å². The summed E-state index contributed by atoms with van der Waals surface area (Å²) in [6, 6.07) is 33.0. The molecule has 0 aliphatic carbocycles. The smallest absolute Gasteiger partial charge is 0.220 e. The lowest BCUT2D eigenvalue weighted by Gasteiger charge is -2.22. The number of rotatable bonds is 6. The Bertz CT molecular complexity index is 2480. The summed E-state index contributed by atoms with van der Waals surface area (Å²) in [5, 5.41) is 2.15. The lowest BCUT2D eigenvalue weighted by molar-refractivity contribution is 0.467. The van der Waals surface area contributed by atoms with Crippen LogP contribution in [0.25, 0.3) is 61.4 Å². The summed E-state index contributed by atoms with van der Waals surface area (Å²) in [6.45, 7) is 11.3. The first kappa shape index (κ1) is 29.7. The van der Waals surface area contributed by atoms with Gasteiger partial charge in [-0.05, 0) is 83.8 Å². The zero-order valence-corrected chi connectivity index (χ0v) is 28.6. The minimum absolute atomic E-state index is 0.522. The van der Waals surface area contributed by atoms with Gasteiger partial charge in [-0.3, -0.25) is 14.4 Å². The van der Waals surface area contributed by atoms with Gasteiger partial charge in [-0.1, -0.05) is 68.2 Å². The van der Waals surface area contributed by atoms with Crippen molar-refractivity contribution in [3.63, 3.8) is 0 Å². The molecular formula is C40H34N6OSi. The lowest BCUT2D eigenvalue weighted by Crippen LogP contribution is -2.38. The fourth-order valence-corrected chi connectivity index (χ4v) is 7.92. The molecule has 0 unspecified atom stereocenters. The molecule has 0 bridgehead atoms. The van der Waals surface area contributed by atoms with E-state index in [1.54, 1.807) is 6.20 Å². The van der Waals surface area contributed by atoms with Gasteiger partial charge in [0.05, 0.1) is 47.9 Å². The van der Waals surface area contributed by atoms with E-state index in [0.29, 0.717) is 5.88 Å². The first-order valence-corrected chi connectivity index (χ1v) is 19.6. The summed E-state index contributed by atoms with van der Waals surface area (Å²) in [7, 11) is -1.84. The summed E-state index contributed by atoms with van der Waals surface area (Å²) in [5.74, 6) is 1.31. The van der Waals surface area contributed by atoms with Gasteiger partial charge < -0.3 is 4.74 Å². The van der Waals surface area contributed by atoms with Gasteiger partial charge in [-0.25, -0.2) is 15.0 Å². The van der Waals surface area contributed by atoms with Crippen molar-refractivity contribution in [3.05, 3.63) is 127 Å². The second kappa shape index (κ2) is 11.5. The minimum Gasteiger partial charge on any atom is -0.439 e. The molecule has 5 heterocycles. The zero-order valence-electron chi connectivity index (χ0n) is 27.6. The minimum atomic E-state index is -1.84. The van der Waals surface area contributed by atoms with E-state index in [2.05, 4.69) is 93.1 Å². The third kappa shape index (κ3) is 5.30. The number of imidazole rings is 1. The van der Waals surface area contributed by atoms with Crippen LogP contribution in [0.2, 0.25) is 19.6 Å². The molecule has 5 aromatic heterocycles. The fraction of sp³-hybridized carbons (Fsp3) is 0.125. The monoisotopic (exact) mass is 642 g/mol. The van der Waals surface area contributed by atoms with Crippen molar-refractivity contribution < 1.29 is 4.74 Å². The van der Waals surface area contributed by atoms with Gasteiger partial charge in [0, 0.05) is 23.2 Å². The summed E-state index contributed by atoms with van der Waals surface area (Å²) in [5.41, 5.74) is 11.5. The van der Waals surface area contributed by atoms with Crippen LogP contribution < -0.4 is 9.92 Å². The highest BCUT2D eigenvalue weighted by Crippen LogP contribution is 2.35. The van der Waals surface area contributed by atoms with Crippen molar-refractivity contribution in [2.24, 2.45) is 0 Å². The van der Waals surface area contributed by atoms with Crippen LogP contribution in [0.15, 0.2) is 116 Å². The third-order valence-corrected chi connectivity index (χ3v) is 10.9. The average molecular weight is 643 g/mol.